The Kier molecular flexibility index (Phi) is 4.63. The van der Waals surface area contributed by atoms with E-state index < -0.39 is 0 Å². The zero-order chi connectivity index (χ0) is 10.6. The molecule has 0 aliphatic carbocycles. The molecule has 2 heteroatoms. The van der Waals surface area contributed by atoms with Crippen LogP contribution in [0.1, 0.15) is 43.4 Å². The molecule has 1 unspecified atom stereocenters. The van der Waals surface area contributed by atoms with E-state index in [4.69, 9.17) is 5.73 Å². The van der Waals surface area contributed by atoms with Crippen LogP contribution in [0.25, 0.3) is 0 Å². The van der Waals surface area contributed by atoms with Crippen LogP contribution in [-0.4, -0.2) is 0 Å². The first-order valence-electron chi connectivity index (χ1n) is 5.17. The summed E-state index contributed by atoms with van der Waals surface area (Å²) in [5, 5.41) is 0. The van der Waals surface area contributed by atoms with Crippen molar-refractivity contribution in [1.82, 2.24) is 0 Å². The second-order valence-corrected chi connectivity index (χ2v) is 4.52. The van der Waals surface area contributed by atoms with E-state index in [-0.39, 0.29) is 6.04 Å². The van der Waals surface area contributed by atoms with Crippen LogP contribution >= 0.6 is 15.9 Å². The molecule has 0 aromatic heterocycles. The van der Waals surface area contributed by atoms with Gasteiger partial charge in [-0.05, 0) is 24.5 Å². The normalized spacial score (nSPS) is 12.9. The molecular formula is C12H18BrN. The van der Waals surface area contributed by atoms with Crippen molar-refractivity contribution in [2.45, 2.75) is 39.2 Å². The largest absolute Gasteiger partial charge is 0.324 e. The fourth-order valence-electron chi connectivity index (χ4n) is 1.54. The van der Waals surface area contributed by atoms with Crippen LogP contribution in [0.2, 0.25) is 0 Å². The molecule has 2 N–H and O–H groups in total. The molecule has 1 aromatic carbocycles. The number of rotatable bonds is 4. The molecule has 1 atom stereocenters. The van der Waals surface area contributed by atoms with Crippen LogP contribution in [0.4, 0.5) is 0 Å². The molecule has 14 heavy (non-hydrogen) atoms. The fourth-order valence-corrected chi connectivity index (χ4v) is 2.09. The van der Waals surface area contributed by atoms with E-state index in [0.29, 0.717) is 0 Å². The Balaban J connectivity index is 2.79. The molecule has 0 saturated heterocycles. The summed E-state index contributed by atoms with van der Waals surface area (Å²) in [6.07, 6.45) is 3.47. The molecule has 78 valence electrons. The number of hydrogen-bond acceptors (Lipinski definition) is 1. The van der Waals surface area contributed by atoms with Crippen molar-refractivity contribution in [3.05, 3.63) is 33.8 Å². The van der Waals surface area contributed by atoms with E-state index in [2.05, 4.69) is 48.0 Å². The topological polar surface area (TPSA) is 26.0 Å². The summed E-state index contributed by atoms with van der Waals surface area (Å²) >= 11 is 3.59. The van der Waals surface area contributed by atoms with E-state index in [0.717, 1.165) is 6.42 Å². The van der Waals surface area contributed by atoms with Crippen LogP contribution in [0.5, 0.6) is 0 Å². The maximum absolute atomic E-state index is 6.12. The lowest BCUT2D eigenvalue weighted by Gasteiger charge is -2.14. The van der Waals surface area contributed by atoms with Gasteiger partial charge in [0.25, 0.3) is 0 Å². The first kappa shape index (κ1) is 11.7. The average Bonchev–Trinajstić information content (AvgIpc) is 2.18. The number of aryl methyl sites for hydroxylation is 1. The number of unbranched alkanes of at least 4 members (excludes halogenated alkanes) is 1. The zero-order valence-corrected chi connectivity index (χ0v) is 10.5. The van der Waals surface area contributed by atoms with Gasteiger partial charge in [-0.3, -0.25) is 0 Å². The van der Waals surface area contributed by atoms with E-state index >= 15 is 0 Å². The van der Waals surface area contributed by atoms with Gasteiger partial charge in [-0.25, -0.2) is 0 Å². The third kappa shape index (κ3) is 2.82. The highest BCUT2D eigenvalue weighted by molar-refractivity contribution is 9.10. The maximum Gasteiger partial charge on any atom is 0.0306 e. The first-order valence-corrected chi connectivity index (χ1v) is 5.96. The van der Waals surface area contributed by atoms with Crippen molar-refractivity contribution in [3.8, 4) is 0 Å². The van der Waals surface area contributed by atoms with Crippen molar-refractivity contribution in [2.24, 2.45) is 5.73 Å². The van der Waals surface area contributed by atoms with Crippen molar-refractivity contribution in [1.29, 1.82) is 0 Å². The number of halogens is 1. The third-order valence-corrected chi connectivity index (χ3v) is 3.57. The summed E-state index contributed by atoms with van der Waals surface area (Å²) in [5.41, 5.74) is 8.61. The lowest BCUT2D eigenvalue weighted by molar-refractivity contribution is 0.601. The quantitative estimate of drug-likeness (QED) is 0.867. The Bertz CT molecular complexity index is 296. The predicted molar refractivity (Wildman–Crippen MR) is 65.3 cm³/mol. The highest BCUT2D eigenvalue weighted by Gasteiger charge is 2.09. The summed E-state index contributed by atoms with van der Waals surface area (Å²) in [6, 6.07) is 6.45. The Labute approximate surface area is 94.8 Å². The highest BCUT2D eigenvalue weighted by atomic mass is 79.9. The Morgan fingerprint density at radius 2 is 2.14 bits per heavy atom. The molecule has 0 amide bonds. The Hall–Kier alpha value is -0.340. The van der Waals surface area contributed by atoms with Gasteiger partial charge in [0.1, 0.15) is 0 Å². The minimum absolute atomic E-state index is 0.171. The van der Waals surface area contributed by atoms with Crippen LogP contribution < -0.4 is 5.73 Å². The number of hydrogen-bond donors (Lipinski definition) is 1. The summed E-state index contributed by atoms with van der Waals surface area (Å²) in [5.74, 6) is 0. The number of benzene rings is 1. The van der Waals surface area contributed by atoms with Gasteiger partial charge < -0.3 is 5.73 Å². The minimum Gasteiger partial charge on any atom is -0.324 e. The maximum atomic E-state index is 6.12. The average molecular weight is 256 g/mol. The van der Waals surface area contributed by atoms with Crippen molar-refractivity contribution in [3.63, 3.8) is 0 Å². The standard InChI is InChI=1S/C12H18BrN/c1-3-4-8-11(14)10-7-5-6-9(2)12(10)13/h5-7,11H,3-4,8,14H2,1-2H3. The highest BCUT2D eigenvalue weighted by Crippen LogP contribution is 2.27. The fraction of sp³-hybridized carbons (Fsp3) is 0.500. The van der Waals surface area contributed by atoms with E-state index in [1.807, 2.05) is 0 Å². The molecular weight excluding hydrogens is 238 g/mol. The van der Waals surface area contributed by atoms with Gasteiger partial charge in [-0.2, -0.15) is 0 Å². The molecule has 1 aromatic rings. The van der Waals surface area contributed by atoms with Crippen molar-refractivity contribution < 1.29 is 0 Å². The first-order chi connectivity index (χ1) is 6.66. The van der Waals surface area contributed by atoms with E-state index in [9.17, 15) is 0 Å². The number of nitrogens with two attached hydrogens (primary N) is 1. The van der Waals surface area contributed by atoms with Gasteiger partial charge in [-0.15, -0.1) is 0 Å². The summed E-state index contributed by atoms with van der Waals surface area (Å²) in [7, 11) is 0. The second kappa shape index (κ2) is 5.52. The van der Waals surface area contributed by atoms with Crippen LogP contribution in [0.3, 0.4) is 0 Å². The van der Waals surface area contributed by atoms with Gasteiger partial charge in [0, 0.05) is 10.5 Å². The van der Waals surface area contributed by atoms with E-state index in [1.54, 1.807) is 0 Å². The monoisotopic (exact) mass is 255 g/mol. The lowest BCUT2D eigenvalue weighted by Crippen LogP contribution is -2.11. The Morgan fingerprint density at radius 3 is 2.79 bits per heavy atom. The SMILES string of the molecule is CCCCC(N)c1cccc(C)c1Br. The molecule has 0 aliphatic heterocycles. The molecule has 0 aliphatic rings. The van der Waals surface area contributed by atoms with Crippen LogP contribution in [-0.2, 0) is 0 Å². The van der Waals surface area contributed by atoms with Crippen LogP contribution in [0.15, 0.2) is 22.7 Å². The van der Waals surface area contributed by atoms with Crippen LogP contribution in [0, 0.1) is 6.92 Å². The van der Waals surface area contributed by atoms with Crippen molar-refractivity contribution >= 4 is 15.9 Å². The molecule has 0 saturated carbocycles. The smallest absolute Gasteiger partial charge is 0.0306 e. The van der Waals surface area contributed by atoms with Gasteiger partial charge in [0.15, 0.2) is 0 Å². The van der Waals surface area contributed by atoms with E-state index in [1.165, 1.54) is 28.4 Å². The summed E-state index contributed by atoms with van der Waals surface area (Å²) in [4.78, 5) is 0. The molecule has 0 spiro atoms. The lowest BCUT2D eigenvalue weighted by atomic mass is 10.0. The molecule has 1 rings (SSSR count). The molecule has 1 nitrogen and oxygen atoms in total. The third-order valence-electron chi connectivity index (χ3n) is 2.49. The van der Waals surface area contributed by atoms with Gasteiger partial charge >= 0.3 is 0 Å². The second-order valence-electron chi connectivity index (χ2n) is 3.73. The summed E-state index contributed by atoms with van der Waals surface area (Å²) < 4.78 is 1.17. The molecule has 0 heterocycles. The minimum atomic E-state index is 0.171. The van der Waals surface area contributed by atoms with Gasteiger partial charge in [0.05, 0.1) is 0 Å². The predicted octanol–water partition coefficient (Wildman–Crippen LogP) is 3.95. The van der Waals surface area contributed by atoms with Crippen molar-refractivity contribution in [2.75, 3.05) is 0 Å². The Morgan fingerprint density at radius 1 is 1.43 bits per heavy atom. The molecule has 0 radical (unpaired) electrons. The summed E-state index contributed by atoms with van der Waals surface area (Å²) in [6.45, 7) is 4.29. The van der Waals surface area contributed by atoms with Gasteiger partial charge in [-0.1, -0.05) is 53.9 Å². The zero-order valence-electron chi connectivity index (χ0n) is 8.89. The van der Waals surface area contributed by atoms with Gasteiger partial charge in [0.2, 0.25) is 0 Å². The molecule has 0 fully saturated rings. The molecule has 0 bridgehead atoms.